The Balaban J connectivity index is 2.06. The molecule has 0 saturated carbocycles. The predicted molar refractivity (Wildman–Crippen MR) is 70.2 cm³/mol. The van der Waals surface area contributed by atoms with Crippen molar-refractivity contribution in [3.63, 3.8) is 0 Å². The Labute approximate surface area is 111 Å². The van der Waals surface area contributed by atoms with Gasteiger partial charge >= 0.3 is 0 Å². The molecule has 5 heteroatoms. The Hall–Kier alpha value is -1.13. The number of benzene rings is 1. The molecule has 18 heavy (non-hydrogen) atoms. The second kappa shape index (κ2) is 5.67. The Morgan fingerprint density at radius 1 is 1.50 bits per heavy atom. The van der Waals surface area contributed by atoms with Crippen LogP contribution < -0.4 is 10.6 Å². The van der Waals surface area contributed by atoms with E-state index in [9.17, 15) is 9.18 Å². The van der Waals surface area contributed by atoms with Crippen LogP contribution in [0.25, 0.3) is 0 Å². The van der Waals surface area contributed by atoms with E-state index in [1.807, 2.05) is 6.92 Å². The number of carbonyl (C=O) groups excluding carboxylic acids is 1. The van der Waals surface area contributed by atoms with Crippen LogP contribution in [0.15, 0.2) is 18.2 Å². The van der Waals surface area contributed by atoms with Gasteiger partial charge in [-0.2, -0.15) is 0 Å². The average Bonchev–Trinajstić information content (AvgIpc) is 2.27. The number of hydrogen-bond donors (Lipinski definition) is 2. The Morgan fingerprint density at radius 2 is 2.28 bits per heavy atom. The summed E-state index contributed by atoms with van der Waals surface area (Å²) in [5, 5.41) is 6.15. The lowest BCUT2D eigenvalue weighted by Gasteiger charge is -2.28. The summed E-state index contributed by atoms with van der Waals surface area (Å²) in [6.07, 6.45) is 2.10. The molecular weight excluding hydrogens is 255 g/mol. The molecule has 3 nitrogen and oxygen atoms in total. The van der Waals surface area contributed by atoms with Crippen LogP contribution in [0.3, 0.4) is 0 Å². The first-order valence-corrected chi connectivity index (χ1v) is 6.44. The topological polar surface area (TPSA) is 41.1 Å². The number of nitrogens with one attached hydrogen (secondary N) is 2. The van der Waals surface area contributed by atoms with Crippen molar-refractivity contribution >= 4 is 23.2 Å². The molecule has 1 amide bonds. The van der Waals surface area contributed by atoms with Crippen molar-refractivity contribution in [2.45, 2.75) is 25.8 Å². The van der Waals surface area contributed by atoms with Crippen molar-refractivity contribution in [3.8, 4) is 0 Å². The zero-order valence-electron chi connectivity index (χ0n) is 10.2. The lowest BCUT2D eigenvalue weighted by atomic mass is 9.92. The molecule has 1 fully saturated rings. The van der Waals surface area contributed by atoms with Crippen LogP contribution in [0.2, 0.25) is 5.02 Å². The SMILES string of the molecule is CC1CCCNC1C(=O)Nc1cc(F)cc(Cl)c1. The molecule has 2 rings (SSSR count). The maximum absolute atomic E-state index is 13.1. The van der Waals surface area contributed by atoms with Crippen LogP contribution in [-0.2, 0) is 4.79 Å². The third kappa shape index (κ3) is 3.21. The molecule has 0 aromatic heterocycles. The van der Waals surface area contributed by atoms with E-state index < -0.39 is 5.82 Å². The predicted octanol–water partition coefficient (Wildman–Crippen LogP) is 2.81. The standard InChI is InChI=1S/C13H16ClFN2O/c1-8-3-2-4-16-12(8)13(18)17-11-6-9(14)5-10(15)7-11/h5-8,12,16H,2-4H2,1H3,(H,17,18). The number of hydrogen-bond acceptors (Lipinski definition) is 2. The van der Waals surface area contributed by atoms with Gasteiger partial charge in [-0.25, -0.2) is 4.39 Å². The molecule has 1 heterocycles. The summed E-state index contributed by atoms with van der Waals surface area (Å²) in [6, 6.07) is 3.78. The minimum Gasteiger partial charge on any atom is -0.325 e. The number of piperidine rings is 1. The Bertz CT molecular complexity index is 432. The van der Waals surface area contributed by atoms with Crippen LogP contribution in [-0.4, -0.2) is 18.5 Å². The molecule has 0 spiro atoms. The van der Waals surface area contributed by atoms with Crippen molar-refractivity contribution in [2.24, 2.45) is 5.92 Å². The van der Waals surface area contributed by atoms with E-state index in [0.29, 0.717) is 5.69 Å². The van der Waals surface area contributed by atoms with Gasteiger partial charge in [0.1, 0.15) is 5.82 Å². The summed E-state index contributed by atoms with van der Waals surface area (Å²) in [7, 11) is 0. The number of carbonyl (C=O) groups is 1. The second-order valence-corrected chi connectivity index (χ2v) is 5.14. The molecule has 1 aromatic carbocycles. The van der Waals surface area contributed by atoms with E-state index >= 15 is 0 Å². The fourth-order valence-corrected chi connectivity index (χ4v) is 2.47. The van der Waals surface area contributed by atoms with Gasteiger partial charge in [0.05, 0.1) is 6.04 Å². The van der Waals surface area contributed by atoms with Crippen LogP contribution in [0.1, 0.15) is 19.8 Å². The monoisotopic (exact) mass is 270 g/mol. The van der Waals surface area contributed by atoms with E-state index in [1.165, 1.54) is 18.2 Å². The van der Waals surface area contributed by atoms with Crippen molar-refractivity contribution in [1.29, 1.82) is 0 Å². The lowest BCUT2D eigenvalue weighted by Crippen LogP contribution is -2.48. The normalized spacial score (nSPS) is 23.7. The highest BCUT2D eigenvalue weighted by Gasteiger charge is 2.27. The highest BCUT2D eigenvalue weighted by atomic mass is 35.5. The third-order valence-corrected chi connectivity index (χ3v) is 3.40. The van der Waals surface area contributed by atoms with Crippen LogP contribution >= 0.6 is 11.6 Å². The first kappa shape index (κ1) is 13.3. The third-order valence-electron chi connectivity index (χ3n) is 3.18. The van der Waals surface area contributed by atoms with Gasteiger partial charge < -0.3 is 10.6 Å². The first-order valence-electron chi connectivity index (χ1n) is 6.06. The van der Waals surface area contributed by atoms with Gasteiger partial charge in [-0.15, -0.1) is 0 Å². The number of rotatable bonds is 2. The summed E-state index contributed by atoms with van der Waals surface area (Å²) in [5.74, 6) is -0.311. The molecule has 0 aliphatic carbocycles. The lowest BCUT2D eigenvalue weighted by molar-refractivity contribution is -0.119. The van der Waals surface area contributed by atoms with Gasteiger partial charge in [-0.05, 0) is 43.5 Å². The van der Waals surface area contributed by atoms with Crippen molar-refractivity contribution in [3.05, 3.63) is 29.0 Å². The van der Waals surface area contributed by atoms with Crippen molar-refractivity contribution in [2.75, 3.05) is 11.9 Å². The summed E-state index contributed by atoms with van der Waals surface area (Å²) >= 11 is 5.74. The number of amides is 1. The quantitative estimate of drug-likeness (QED) is 0.868. The number of halogens is 2. The molecule has 2 N–H and O–H groups in total. The number of anilines is 1. The van der Waals surface area contributed by atoms with E-state index in [1.54, 1.807) is 0 Å². The van der Waals surface area contributed by atoms with Crippen LogP contribution in [0.5, 0.6) is 0 Å². The highest BCUT2D eigenvalue weighted by Crippen LogP contribution is 2.20. The zero-order valence-corrected chi connectivity index (χ0v) is 10.9. The van der Waals surface area contributed by atoms with Crippen LogP contribution in [0.4, 0.5) is 10.1 Å². The molecule has 98 valence electrons. The minimum absolute atomic E-state index is 0.135. The Morgan fingerprint density at radius 3 is 2.94 bits per heavy atom. The fourth-order valence-electron chi connectivity index (χ4n) is 2.25. The highest BCUT2D eigenvalue weighted by molar-refractivity contribution is 6.30. The summed E-state index contributed by atoms with van der Waals surface area (Å²) in [4.78, 5) is 12.1. The van der Waals surface area contributed by atoms with Crippen molar-refractivity contribution in [1.82, 2.24) is 5.32 Å². The Kier molecular flexibility index (Phi) is 4.19. The van der Waals surface area contributed by atoms with Crippen molar-refractivity contribution < 1.29 is 9.18 Å². The molecular formula is C13H16ClFN2O. The second-order valence-electron chi connectivity index (χ2n) is 4.70. The van der Waals surface area contributed by atoms with E-state index in [0.717, 1.165) is 19.4 Å². The van der Waals surface area contributed by atoms with Crippen LogP contribution in [0, 0.1) is 11.7 Å². The minimum atomic E-state index is -0.456. The van der Waals surface area contributed by atoms with Gasteiger partial charge in [-0.1, -0.05) is 18.5 Å². The summed E-state index contributed by atoms with van der Waals surface area (Å²) in [6.45, 7) is 2.88. The van der Waals surface area contributed by atoms with Gasteiger partial charge in [0.25, 0.3) is 0 Å². The van der Waals surface area contributed by atoms with Gasteiger partial charge in [-0.3, -0.25) is 4.79 Å². The zero-order chi connectivity index (χ0) is 13.1. The fraction of sp³-hybridized carbons (Fsp3) is 0.462. The molecule has 0 radical (unpaired) electrons. The summed E-state index contributed by atoms with van der Waals surface area (Å²) < 4.78 is 13.1. The summed E-state index contributed by atoms with van der Waals surface area (Å²) in [5.41, 5.74) is 0.393. The smallest absolute Gasteiger partial charge is 0.241 e. The van der Waals surface area contributed by atoms with Gasteiger partial charge in [0.2, 0.25) is 5.91 Å². The molecule has 1 aliphatic rings. The largest absolute Gasteiger partial charge is 0.325 e. The maximum Gasteiger partial charge on any atom is 0.241 e. The average molecular weight is 271 g/mol. The van der Waals surface area contributed by atoms with Gasteiger partial charge in [0.15, 0.2) is 0 Å². The first-order chi connectivity index (χ1) is 8.56. The van der Waals surface area contributed by atoms with E-state index in [2.05, 4.69) is 10.6 Å². The molecule has 0 bridgehead atoms. The molecule has 1 aliphatic heterocycles. The molecule has 1 saturated heterocycles. The van der Waals surface area contributed by atoms with E-state index in [4.69, 9.17) is 11.6 Å². The molecule has 2 unspecified atom stereocenters. The van der Waals surface area contributed by atoms with E-state index in [-0.39, 0.29) is 22.9 Å². The molecule has 2 atom stereocenters. The molecule has 1 aromatic rings. The van der Waals surface area contributed by atoms with Gasteiger partial charge in [0, 0.05) is 10.7 Å². The maximum atomic E-state index is 13.1.